The van der Waals surface area contributed by atoms with Crippen LogP contribution in [0.4, 0.5) is 0 Å². The number of fused-ring (bicyclic) bond motifs is 2. The molecule has 1 N–H and O–H groups in total. The van der Waals surface area contributed by atoms with Gasteiger partial charge in [-0.15, -0.1) is 11.3 Å². The number of hydrogen-bond donors (Lipinski definition) is 1. The summed E-state index contributed by atoms with van der Waals surface area (Å²) in [4.78, 5) is 16.7. The number of hydrogen-bond acceptors (Lipinski definition) is 3. The zero-order chi connectivity index (χ0) is 14.1. The summed E-state index contributed by atoms with van der Waals surface area (Å²) in [6.45, 7) is 2.19. The van der Waals surface area contributed by atoms with Crippen molar-refractivity contribution in [3.05, 3.63) is 40.8 Å². The van der Waals surface area contributed by atoms with E-state index in [1.54, 1.807) is 6.07 Å². The van der Waals surface area contributed by atoms with Crippen LogP contribution in [0.15, 0.2) is 30.3 Å². The summed E-state index contributed by atoms with van der Waals surface area (Å²) in [5.41, 5.74) is 2.24. The van der Waals surface area contributed by atoms with E-state index >= 15 is 0 Å². The molecule has 3 nitrogen and oxygen atoms in total. The van der Waals surface area contributed by atoms with E-state index in [4.69, 9.17) is 5.11 Å². The van der Waals surface area contributed by atoms with Crippen molar-refractivity contribution in [3.8, 4) is 0 Å². The van der Waals surface area contributed by atoms with Gasteiger partial charge in [0.05, 0.1) is 5.52 Å². The van der Waals surface area contributed by atoms with E-state index in [0.717, 1.165) is 27.5 Å². The first-order chi connectivity index (χ1) is 9.67. The maximum absolute atomic E-state index is 11.0. The molecular formula is C16H15NO2S. The third-order valence-corrected chi connectivity index (χ3v) is 4.43. The van der Waals surface area contributed by atoms with Gasteiger partial charge in [0.15, 0.2) is 0 Å². The minimum absolute atomic E-state index is 0.342. The van der Waals surface area contributed by atoms with Gasteiger partial charge in [-0.05, 0) is 42.7 Å². The zero-order valence-electron chi connectivity index (χ0n) is 11.2. The normalized spacial score (nSPS) is 11.2. The Morgan fingerprint density at radius 2 is 2.10 bits per heavy atom. The molecule has 20 heavy (non-hydrogen) atoms. The first-order valence-electron chi connectivity index (χ1n) is 6.74. The zero-order valence-corrected chi connectivity index (χ0v) is 12.0. The van der Waals surface area contributed by atoms with E-state index in [1.807, 2.05) is 12.1 Å². The van der Waals surface area contributed by atoms with Crippen molar-refractivity contribution in [2.24, 2.45) is 0 Å². The lowest BCUT2D eigenvalue weighted by Crippen LogP contribution is -1.89. The molecule has 3 aromatic rings. The van der Waals surface area contributed by atoms with E-state index in [1.165, 1.54) is 29.7 Å². The first-order valence-corrected chi connectivity index (χ1v) is 7.55. The fourth-order valence-corrected chi connectivity index (χ4v) is 3.19. The number of aromatic nitrogens is 1. The highest BCUT2D eigenvalue weighted by molar-refractivity contribution is 7.20. The standard InChI is InChI=1S/C16H15NO2S/c1-2-3-4-10-5-6-13-11(7-10)8-12-9-14(16(18)19)20-15(12)17-13/h5-9H,2-4H2,1H3,(H,18,19). The number of thiophene rings is 1. The second-order valence-corrected chi connectivity index (χ2v) is 5.96. The van der Waals surface area contributed by atoms with Crippen molar-refractivity contribution in [3.63, 3.8) is 0 Å². The number of carbonyl (C=O) groups is 1. The van der Waals surface area contributed by atoms with E-state index in [9.17, 15) is 4.79 Å². The molecule has 1 aromatic carbocycles. The van der Waals surface area contributed by atoms with Crippen LogP contribution >= 0.6 is 11.3 Å². The summed E-state index contributed by atoms with van der Waals surface area (Å²) in [5, 5.41) is 11.0. The van der Waals surface area contributed by atoms with E-state index in [2.05, 4.69) is 24.0 Å². The van der Waals surface area contributed by atoms with Gasteiger partial charge in [-0.3, -0.25) is 0 Å². The number of nitrogens with zero attached hydrogens (tertiary/aromatic N) is 1. The van der Waals surface area contributed by atoms with Crippen molar-refractivity contribution >= 4 is 38.4 Å². The highest BCUT2D eigenvalue weighted by Gasteiger charge is 2.10. The Hall–Kier alpha value is -1.94. The van der Waals surface area contributed by atoms with E-state index in [0.29, 0.717) is 4.88 Å². The van der Waals surface area contributed by atoms with Gasteiger partial charge in [0.1, 0.15) is 9.71 Å². The summed E-state index contributed by atoms with van der Waals surface area (Å²) in [5.74, 6) is -0.888. The molecule has 0 aliphatic carbocycles. The van der Waals surface area contributed by atoms with Gasteiger partial charge < -0.3 is 5.11 Å². The van der Waals surface area contributed by atoms with E-state index < -0.39 is 5.97 Å². The molecule has 0 saturated carbocycles. The van der Waals surface area contributed by atoms with Crippen LogP contribution in [0.2, 0.25) is 0 Å². The van der Waals surface area contributed by atoms with Crippen LogP contribution in [-0.4, -0.2) is 16.1 Å². The van der Waals surface area contributed by atoms with Crippen molar-refractivity contribution in [2.75, 3.05) is 0 Å². The molecule has 0 unspecified atom stereocenters. The molecule has 0 atom stereocenters. The number of unbranched alkanes of at least 4 members (excludes halogenated alkanes) is 1. The third kappa shape index (κ3) is 2.39. The van der Waals surface area contributed by atoms with Crippen molar-refractivity contribution in [2.45, 2.75) is 26.2 Å². The van der Waals surface area contributed by atoms with Crippen LogP contribution in [0.1, 0.15) is 35.0 Å². The number of pyridine rings is 1. The summed E-state index contributed by atoms with van der Waals surface area (Å²) >= 11 is 1.23. The Labute approximate surface area is 120 Å². The second kappa shape index (κ2) is 5.21. The molecule has 2 aromatic heterocycles. The van der Waals surface area contributed by atoms with Gasteiger partial charge in [0, 0.05) is 10.8 Å². The summed E-state index contributed by atoms with van der Waals surface area (Å²) in [6.07, 6.45) is 3.44. The minimum atomic E-state index is -0.888. The van der Waals surface area contributed by atoms with Crippen molar-refractivity contribution < 1.29 is 9.90 Å². The van der Waals surface area contributed by atoms with Gasteiger partial charge in [0.25, 0.3) is 0 Å². The molecule has 0 spiro atoms. The molecular weight excluding hydrogens is 270 g/mol. The number of carboxylic acids is 1. The van der Waals surface area contributed by atoms with Crippen molar-refractivity contribution in [1.82, 2.24) is 4.98 Å². The minimum Gasteiger partial charge on any atom is -0.477 e. The predicted octanol–water partition coefficient (Wildman–Crippen LogP) is 4.49. The summed E-state index contributed by atoms with van der Waals surface area (Å²) in [6, 6.07) is 10.0. The number of carboxylic acid groups (broad SMARTS) is 1. The lowest BCUT2D eigenvalue weighted by atomic mass is 10.1. The number of aryl methyl sites for hydroxylation is 1. The SMILES string of the molecule is CCCCc1ccc2nc3sc(C(=O)O)cc3cc2c1. The van der Waals surface area contributed by atoms with Crippen LogP contribution in [0.5, 0.6) is 0 Å². The Morgan fingerprint density at radius 3 is 2.85 bits per heavy atom. The predicted molar refractivity (Wildman–Crippen MR) is 82.7 cm³/mol. The molecule has 4 heteroatoms. The maximum Gasteiger partial charge on any atom is 0.345 e. The molecule has 102 valence electrons. The van der Waals surface area contributed by atoms with Gasteiger partial charge in [-0.25, -0.2) is 9.78 Å². The molecule has 0 bridgehead atoms. The Bertz CT molecular complexity index is 792. The van der Waals surface area contributed by atoms with Crippen molar-refractivity contribution in [1.29, 1.82) is 0 Å². The van der Waals surface area contributed by atoms with Crippen LogP contribution in [-0.2, 0) is 6.42 Å². The molecule has 0 aliphatic heterocycles. The van der Waals surface area contributed by atoms with Gasteiger partial charge in [0.2, 0.25) is 0 Å². The Kier molecular flexibility index (Phi) is 3.40. The molecule has 3 rings (SSSR count). The fourth-order valence-electron chi connectivity index (χ4n) is 2.33. The highest BCUT2D eigenvalue weighted by Crippen LogP contribution is 2.28. The molecule has 0 radical (unpaired) electrons. The van der Waals surface area contributed by atoms with Gasteiger partial charge >= 0.3 is 5.97 Å². The highest BCUT2D eigenvalue weighted by atomic mass is 32.1. The van der Waals surface area contributed by atoms with Crippen LogP contribution in [0, 0.1) is 0 Å². The maximum atomic E-state index is 11.0. The lowest BCUT2D eigenvalue weighted by molar-refractivity contribution is 0.0702. The van der Waals surface area contributed by atoms with Crippen LogP contribution < -0.4 is 0 Å². The third-order valence-electron chi connectivity index (χ3n) is 3.39. The Balaban J connectivity index is 2.10. The van der Waals surface area contributed by atoms with Crippen LogP contribution in [0.3, 0.4) is 0 Å². The smallest absolute Gasteiger partial charge is 0.345 e. The van der Waals surface area contributed by atoms with Crippen LogP contribution in [0.25, 0.3) is 21.1 Å². The topological polar surface area (TPSA) is 50.2 Å². The average molecular weight is 285 g/mol. The number of aromatic carboxylic acids is 1. The van der Waals surface area contributed by atoms with E-state index in [-0.39, 0.29) is 0 Å². The molecule has 2 heterocycles. The average Bonchev–Trinajstić information content (AvgIpc) is 2.85. The summed E-state index contributed by atoms with van der Waals surface area (Å²) in [7, 11) is 0. The number of benzene rings is 1. The molecule has 0 aliphatic rings. The lowest BCUT2D eigenvalue weighted by Gasteiger charge is -2.03. The Morgan fingerprint density at radius 1 is 1.25 bits per heavy atom. The number of rotatable bonds is 4. The summed E-state index contributed by atoms with van der Waals surface area (Å²) < 4.78 is 0. The first kappa shape index (κ1) is 13.1. The monoisotopic (exact) mass is 285 g/mol. The van der Waals surface area contributed by atoms with Gasteiger partial charge in [-0.2, -0.15) is 0 Å². The largest absolute Gasteiger partial charge is 0.477 e. The quantitative estimate of drug-likeness (QED) is 0.768. The molecule has 0 fully saturated rings. The molecule has 0 saturated heterocycles. The second-order valence-electron chi connectivity index (χ2n) is 4.93. The van der Waals surface area contributed by atoms with Gasteiger partial charge in [-0.1, -0.05) is 19.4 Å². The fraction of sp³-hybridized carbons (Fsp3) is 0.250. The molecule has 0 amide bonds.